The van der Waals surface area contributed by atoms with E-state index in [0.717, 1.165) is 21.5 Å². The van der Waals surface area contributed by atoms with Gasteiger partial charge in [-0.3, -0.25) is 4.79 Å². The summed E-state index contributed by atoms with van der Waals surface area (Å²) in [6.07, 6.45) is 0. The number of carbonyl (C=O) groups is 2. The Morgan fingerprint density at radius 2 is 1.53 bits per heavy atom. The molecular weight excluding hydrogens is 240 g/mol. The normalized spacial score (nSPS) is 13.9. The van der Waals surface area contributed by atoms with Crippen LogP contribution in [0.5, 0.6) is 5.75 Å². The molecular formula is C16H8O3. The van der Waals surface area contributed by atoms with Gasteiger partial charge in [0.1, 0.15) is 5.75 Å². The van der Waals surface area contributed by atoms with E-state index in [9.17, 15) is 9.59 Å². The highest BCUT2D eigenvalue weighted by Crippen LogP contribution is 2.35. The molecule has 0 spiro atoms. The molecule has 90 valence electrons. The first-order valence-corrected chi connectivity index (χ1v) is 5.96. The van der Waals surface area contributed by atoms with E-state index in [1.165, 1.54) is 0 Å². The third-order valence-electron chi connectivity index (χ3n) is 3.46. The zero-order valence-corrected chi connectivity index (χ0v) is 9.84. The Labute approximate surface area is 108 Å². The monoisotopic (exact) mass is 248 g/mol. The van der Waals surface area contributed by atoms with Gasteiger partial charge in [-0.15, -0.1) is 0 Å². The molecule has 0 bridgehead atoms. The van der Waals surface area contributed by atoms with Crippen LogP contribution in [0.2, 0.25) is 0 Å². The summed E-state index contributed by atoms with van der Waals surface area (Å²) in [4.78, 5) is 23.2. The fourth-order valence-corrected chi connectivity index (χ4v) is 2.56. The lowest BCUT2D eigenvalue weighted by Crippen LogP contribution is -2.10. The van der Waals surface area contributed by atoms with Crippen molar-refractivity contribution in [2.24, 2.45) is 0 Å². The van der Waals surface area contributed by atoms with Crippen molar-refractivity contribution in [2.75, 3.05) is 0 Å². The fraction of sp³-hybridized carbons (Fsp3) is 0. The van der Waals surface area contributed by atoms with Crippen molar-refractivity contribution in [1.82, 2.24) is 0 Å². The molecule has 4 rings (SSSR count). The Hall–Kier alpha value is -2.68. The summed E-state index contributed by atoms with van der Waals surface area (Å²) in [5, 5.41) is 3.85. The van der Waals surface area contributed by atoms with Gasteiger partial charge in [0.2, 0.25) is 0 Å². The van der Waals surface area contributed by atoms with Crippen molar-refractivity contribution in [2.45, 2.75) is 0 Å². The predicted molar refractivity (Wildman–Crippen MR) is 71.4 cm³/mol. The molecule has 3 aromatic carbocycles. The van der Waals surface area contributed by atoms with Gasteiger partial charge in [-0.05, 0) is 39.7 Å². The lowest BCUT2D eigenvalue weighted by molar-refractivity contribution is -0.128. The molecule has 3 aromatic rings. The van der Waals surface area contributed by atoms with Crippen LogP contribution in [0.4, 0.5) is 0 Å². The molecule has 0 atom stereocenters. The van der Waals surface area contributed by atoms with Crippen LogP contribution >= 0.6 is 0 Å². The van der Waals surface area contributed by atoms with Crippen LogP contribution in [0, 0.1) is 0 Å². The molecule has 1 aliphatic heterocycles. The highest BCUT2D eigenvalue weighted by Gasteiger charge is 2.32. The van der Waals surface area contributed by atoms with Gasteiger partial charge in [0, 0.05) is 0 Å². The van der Waals surface area contributed by atoms with Gasteiger partial charge in [-0.2, -0.15) is 0 Å². The summed E-state index contributed by atoms with van der Waals surface area (Å²) in [5.74, 6) is -0.996. The smallest absolute Gasteiger partial charge is 0.385 e. The summed E-state index contributed by atoms with van der Waals surface area (Å²) >= 11 is 0. The third-order valence-corrected chi connectivity index (χ3v) is 3.46. The van der Waals surface area contributed by atoms with E-state index >= 15 is 0 Å². The summed E-state index contributed by atoms with van der Waals surface area (Å²) < 4.78 is 4.95. The minimum atomic E-state index is -0.796. The lowest BCUT2D eigenvalue weighted by Gasteiger charge is -2.05. The molecule has 19 heavy (non-hydrogen) atoms. The maximum absolute atomic E-state index is 11.9. The predicted octanol–water partition coefficient (Wildman–Crippen LogP) is 3.09. The Balaban J connectivity index is 2.18. The van der Waals surface area contributed by atoms with Crippen molar-refractivity contribution >= 4 is 33.3 Å². The molecule has 0 radical (unpaired) electrons. The molecule has 0 amide bonds. The van der Waals surface area contributed by atoms with E-state index in [1.807, 2.05) is 42.5 Å². The van der Waals surface area contributed by atoms with Gasteiger partial charge in [-0.1, -0.05) is 30.3 Å². The standard InChI is InChI=1S/C16H8O3/c17-15-14-12-8-10-4-2-1-3-9(10)7-11(12)5-6-13(14)19-16(15)18/h1-8H. The van der Waals surface area contributed by atoms with Crippen LogP contribution in [0.15, 0.2) is 48.5 Å². The fourth-order valence-electron chi connectivity index (χ4n) is 2.56. The third kappa shape index (κ3) is 1.32. The molecule has 1 heterocycles. The van der Waals surface area contributed by atoms with Gasteiger partial charge in [-0.25, -0.2) is 4.79 Å². The molecule has 0 fully saturated rings. The first-order valence-electron chi connectivity index (χ1n) is 5.96. The molecule has 1 aliphatic rings. The van der Waals surface area contributed by atoms with E-state index in [4.69, 9.17) is 4.74 Å². The lowest BCUT2D eigenvalue weighted by atomic mass is 9.98. The zero-order chi connectivity index (χ0) is 13.0. The first-order chi connectivity index (χ1) is 9.24. The first kappa shape index (κ1) is 10.3. The van der Waals surface area contributed by atoms with Gasteiger partial charge in [0.15, 0.2) is 0 Å². The van der Waals surface area contributed by atoms with Crippen molar-refractivity contribution < 1.29 is 14.3 Å². The number of Topliss-reactive ketones (excluding diaryl/α,β-unsaturated/α-hetero) is 1. The second-order valence-corrected chi connectivity index (χ2v) is 4.58. The van der Waals surface area contributed by atoms with E-state index in [2.05, 4.69) is 0 Å². The number of rotatable bonds is 0. The SMILES string of the molecule is O=C1Oc2ccc3cc4ccccc4cc3c2C1=O. The largest absolute Gasteiger partial charge is 0.420 e. The highest BCUT2D eigenvalue weighted by atomic mass is 16.5. The van der Waals surface area contributed by atoms with Crippen molar-refractivity contribution in [3.63, 3.8) is 0 Å². The van der Waals surface area contributed by atoms with E-state index in [-0.39, 0.29) is 0 Å². The van der Waals surface area contributed by atoms with Crippen LogP contribution in [-0.4, -0.2) is 11.8 Å². The molecule has 0 N–H and O–H groups in total. The number of esters is 1. The van der Waals surface area contributed by atoms with Gasteiger partial charge >= 0.3 is 5.97 Å². The van der Waals surface area contributed by atoms with E-state index in [1.54, 1.807) is 6.07 Å². The molecule has 0 saturated carbocycles. The number of carbonyl (C=O) groups excluding carboxylic acids is 2. The summed E-state index contributed by atoms with van der Waals surface area (Å²) in [7, 11) is 0. The Kier molecular flexibility index (Phi) is 1.85. The highest BCUT2D eigenvalue weighted by molar-refractivity contribution is 6.47. The molecule has 0 unspecified atom stereocenters. The number of benzene rings is 3. The number of ether oxygens (including phenoxy) is 1. The van der Waals surface area contributed by atoms with Crippen LogP contribution < -0.4 is 4.74 Å². The van der Waals surface area contributed by atoms with Crippen molar-refractivity contribution in [1.29, 1.82) is 0 Å². The van der Waals surface area contributed by atoms with Crippen molar-refractivity contribution in [3.05, 3.63) is 54.1 Å². The van der Waals surface area contributed by atoms with Gasteiger partial charge in [0.25, 0.3) is 5.78 Å². The quantitative estimate of drug-likeness (QED) is 0.266. The Morgan fingerprint density at radius 3 is 2.32 bits per heavy atom. The van der Waals surface area contributed by atoms with E-state index < -0.39 is 11.8 Å². The van der Waals surface area contributed by atoms with Crippen molar-refractivity contribution in [3.8, 4) is 5.75 Å². The summed E-state index contributed by atoms with van der Waals surface area (Å²) in [6, 6.07) is 15.4. The van der Waals surface area contributed by atoms with Crippen LogP contribution in [0.3, 0.4) is 0 Å². The molecule has 3 heteroatoms. The summed E-state index contributed by atoms with van der Waals surface area (Å²) in [6.45, 7) is 0. The number of ketones is 1. The molecule has 0 aromatic heterocycles. The molecule has 3 nitrogen and oxygen atoms in total. The minimum absolute atomic E-state index is 0.359. The summed E-state index contributed by atoms with van der Waals surface area (Å²) in [5.41, 5.74) is 0.383. The second-order valence-electron chi connectivity index (χ2n) is 4.58. The van der Waals surface area contributed by atoms with E-state index in [0.29, 0.717) is 11.3 Å². The van der Waals surface area contributed by atoms with Crippen LogP contribution in [0.1, 0.15) is 10.4 Å². The van der Waals surface area contributed by atoms with Crippen LogP contribution in [0.25, 0.3) is 21.5 Å². The van der Waals surface area contributed by atoms with Gasteiger partial charge in [0.05, 0.1) is 5.56 Å². The van der Waals surface area contributed by atoms with Crippen LogP contribution in [-0.2, 0) is 4.79 Å². The average Bonchev–Trinajstić information content (AvgIpc) is 2.72. The maximum atomic E-state index is 11.9. The number of fused-ring (bicyclic) bond motifs is 4. The second kappa shape index (κ2) is 3.42. The Bertz CT molecular complexity index is 878. The average molecular weight is 248 g/mol. The number of hydrogen-bond donors (Lipinski definition) is 0. The minimum Gasteiger partial charge on any atom is -0.420 e. The van der Waals surface area contributed by atoms with Gasteiger partial charge < -0.3 is 4.74 Å². The maximum Gasteiger partial charge on any atom is 0.385 e. The number of hydrogen-bond acceptors (Lipinski definition) is 3. The topological polar surface area (TPSA) is 43.4 Å². The Morgan fingerprint density at radius 1 is 0.789 bits per heavy atom. The molecule has 0 saturated heterocycles. The zero-order valence-electron chi connectivity index (χ0n) is 9.84. The molecule has 0 aliphatic carbocycles.